The monoisotopic (exact) mass is 309 g/mol. The first-order chi connectivity index (χ1) is 9.97. The number of nitrogens with one attached hydrogen (secondary N) is 2. The molecule has 0 aromatic carbocycles. The normalized spacial score (nSPS) is 13.4. The minimum Gasteiger partial charge on any atom is -0.476 e. The fraction of sp³-hybridized carbons (Fsp3) is 0.308. The lowest BCUT2D eigenvalue weighted by molar-refractivity contribution is 0.0691. The number of furan rings is 1. The van der Waals surface area contributed by atoms with Gasteiger partial charge in [-0.2, -0.15) is 0 Å². The summed E-state index contributed by atoms with van der Waals surface area (Å²) in [6, 6.07) is 2.49. The van der Waals surface area contributed by atoms with Crippen LogP contribution in [0.15, 0.2) is 28.2 Å². The van der Waals surface area contributed by atoms with Crippen LogP contribution in [0.5, 0.6) is 0 Å². The van der Waals surface area contributed by atoms with E-state index in [0.29, 0.717) is 10.8 Å². The van der Waals surface area contributed by atoms with E-state index in [9.17, 15) is 9.59 Å². The number of thiazole rings is 1. The van der Waals surface area contributed by atoms with E-state index in [4.69, 9.17) is 9.52 Å². The van der Waals surface area contributed by atoms with Crippen molar-refractivity contribution in [2.45, 2.75) is 25.9 Å². The molecule has 7 nitrogen and oxygen atoms in total. The molecule has 21 heavy (non-hydrogen) atoms. The maximum absolute atomic E-state index is 11.9. The zero-order chi connectivity index (χ0) is 15.4. The van der Waals surface area contributed by atoms with E-state index in [1.165, 1.54) is 23.0 Å². The van der Waals surface area contributed by atoms with E-state index in [1.807, 2.05) is 0 Å². The molecule has 0 spiro atoms. The standard InChI is InChI=1S/C13H15N3O4S/c1-7(10-4-3-5-20-10)14-13(19)15-8(2)11-16-9(6-21-11)12(17)18/h3-8H,1-2H3,(H,17,18)(H2,14,15,19). The number of carboxylic acid groups (broad SMARTS) is 1. The number of urea groups is 1. The fourth-order valence-electron chi connectivity index (χ4n) is 1.69. The summed E-state index contributed by atoms with van der Waals surface area (Å²) >= 11 is 1.19. The highest BCUT2D eigenvalue weighted by Gasteiger charge is 2.17. The van der Waals surface area contributed by atoms with Crippen LogP contribution in [0.4, 0.5) is 4.79 Å². The lowest BCUT2D eigenvalue weighted by atomic mass is 10.2. The summed E-state index contributed by atoms with van der Waals surface area (Å²) in [6.45, 7) is 3.54. The minimum atomic E-state index is -1.08. The van der Waals surface area contributed by atoms with Gasteiger partial charge >= 0.3 is 12.0 Å². The van der Waals surface area contributed by atoms with Crippen LogP contribution in [-0.4, -0.2) is 22.1 Å². The Morgan fingerprint density at radius 3 is 2.62 bits per heavy atom. The average Bonchev–Trinajstić information content (AvgIpc) is 3.10. The molecule has 2 atom stereocenters. The topological polar surface area (TPSA) is 104 Å². The highest BCUT2D eigenvalue weighted by molar-refractivity contribution is 7.09. The van der Waals surface area contributed by atoms with Gasteiger partial charge in [0.1, 0.15) is 10.8 Å². The number of carbonyl (C=O) groups excluding carboxylic acids is 1. The van der Waals surface area contributed by atoms with Crippen molar-refractivity contribution < 1.29 is 19.1 Å². The number of hydrogen-bond acceptors (Lipinski definition) is 5. The van der Waals surface area contributed by atoms with Crippen molar-refractivity contribution in [3.05, 3.63) is 40.2 Å². The van der Waals surface area contributed by atoms with Crippen LogP contribution in [0.25, 0.3) is 0 Å². The molecular formula is C13H15N3O4S. The second-order valence-corrected chi connectivity index (χ2v) is 5.34. The predicted octanol–water partition coefficient (Wildman–Crippen LogP) is 2.56. The summed E-state index contributed by atoms with van der Waals surface area (Å²) in [4.78, 5) is 26.6. The lowest BCUT2D eigenvalue weighted by Gasteiger charge is -2.15. The van der Waals surface area contributed by atoms with Crippen LogP contribution >= 0.6 is 11.3 Å². The van der Waals surface area contributed by atoms with Gasteiger partial charge in [0.15, 0.2) is 5.69 Å². The van der Waals surface area contributed by atoms with Crippen molar-refractivity contribution in [2.75, 3.05) is 0 Å². The van der Waals surface area contributed by atoms with Crippen molar-refractivity contribution >= 4 is 23.3 Å². The van der Waals surface area contributed by atoms with Crippen molar-refractivity contribution in [1.29, 1.82) is 0 Å². The maximum atomic E-state index is 11.9. The smallest absolute Gasteiger partial charge is 0.355 e. The molecule has 2 amide bonds. The van der Waals surface area contributed by atoms with E-state index in [-0.39, 0.29) is 23.8 Å². The van der Waals surface area contributed by atoms with Crippen molar-refractivity contribution in [3.63, 3.8) is 0 Å². The molecule has 0 fully saturated rings. The van der Waals surface area contributed by atoms with E-state index in [0.717, 1.165) is 0 Å². The first-order valence-electron chi connectivity index (χ1n) is 6.26. The van der Waals surface area contributed by atoms with Crippen LogP contribution in [0.1, 0.15) is 47.2 Å². The summed E-state index contributed by atoms with van der Waals surface area (Å²) in [7, 11) is 0. The number of carbonyl (C=O) groups is 2. The number of nitrogens with zero attached hydrogens (tertiary/aromatic N) is 1. The molecule has 0 aliphatic rings. The molecule has 112 valence electrons. The van der Waals surface area contributed by atoms with Gasteiger partial charge in [-0.3, -0.25) is 0 Å². The number of aromatic nitrogens is 1. The van der Waals surface area contributed by atoms with E-state index >= 15 is 0 Å². The molecule has 2 aromatic heterocycles. The van der Waals surface area contributed by atoms with Gasteiger partial charge in [-0.1, -0.05) is 0 Å². The molecule has 8 heteroatoms. The highest BCUT2D eigenvalue weighted by Crippen LogP contribution is 2.18. The van der Waals surface area contributed by atoms with Gasteiger partial charge in [-0.15, -0.1) is 11.3 Å². The van der Waals surface area contributed by atoms with Gasteiger partial charge in [0, 0.05) is 5.38 Å². The Morgan fingerprint density at radius 1 is 1.33 bits per heavy atom. The summed E-state index contributed by atoms with van der Waals surface area (Å²) in [5.41, 5.74) is -0.0204. The molecule has 0 saturated carbocycles. The second kappa shape index (κ2) is 6.40. The fourth-order valence-corrected chi connectivity index (χ4v) is 2.49. The molecule has 0 aliphatic heterocycles. The molecule has 0 bridgehead atoms. The summed E-state index contributed by atoms with van der Waals surface area (Å²) in [5.74, 6) is -0.430. The zero-order valence-electron chi connectivity index (χ0n) is 11.5. The molecule has 0 radical (unpaired) electrons. The van der Waals surface area contributed by atoms with Gasteiger partial charge in [0.25, 0.3) is 0 Å². The average molecular weight is 309 g/mol. The molecule has 0 saturated heterocycles. The van der Waals surface area contributed by atoms with Crippen molar-refractivity contribution in [1.82, 2.24) is 15.6 Å². The first-order valence-corrected chi connectivity index (χ1v) is 7.14. The molecule has 2 heterocycles. The third kappa shape index (κ3) is 3.82. The van der Waals surface area contributed by atoms with Gasteiger partial charge in [-0.25, -0.2) is 14.6 Å². The highest BCUT2D eigenvalue weighted by atomic mass is 32.1. The van der Waals surface area contributed by atoms with Crippen LogP contribution < -0.4 is 10.6 Å². The minimum absolute atomic E-state index is 0.0204. The quantitative estimate of drug-likeness (QED) is 0.787. The molecule has 2 aromatic rings. The molecule has 3 N–H and O–H groups in total. The van der Waals surface area contributed by atoms with E-state index in [2.05, 4.69) is 15.6 Å². The van der Waals surface area contributed by atoms with Crippen molar-refractivity contribution in [2.24, 2.45) is 0 Å². The predicted molar refractivity (Wildman–Crippen MR) is 76.3 cm³/mol. The Labute approximate surface area is 125 Å². The maximum Gasteiger partial charge on any atom is 0.355 e. The Morgan fingerprint density at radius 2 is 2.05 bits per heavy atom. The number of aromatic carboxylic acids is 1. The third-order valence-electron chi connectivity index (χ3n) is 2.78. The number of hydrogen-bond donors (Lipinski definition) is 3. The van der Waals surface area contributed by atoms with Crippen LogP contribution in [0, 0.1) is 0 Å². The van der Waals surface area contributed by atoms with Gasteiger partial charge in [0.2, 0.25) is 0 Å². The van der Waals surface area contributed by atoms with Gasteiger partial charge in [0.05, 0.1) is 18.3 Å². The van der Waals surface area contributed by atoms with Gasteiger partial charge in [-0.05, 0) is 26.0 Å². The Hall–Kier alpha value is -2.35. The zero-order valence-corrected chi connectivity index (χ0v) is 12.3. The van der Waals surface area contributed by atoms with Crippen LogP contribution in [0.3, 0.4) is 0 Å². The van der Waals surface area contributed by atoms with E-state index in [1.54, 1.807) is 26.0 Å². The molecular weight excluding hydrogens is 294 g/mol. The number of rotatable bonds is 5. The van der Waals surface area contributed by atoms with E-state index < -0.39 is 5.97 Å². The molecule has 2 unspecified atom stereocenters. The summed E-state index contributed by atoms with van der Waals surface area (Å²) in [5, 5.41) is 16.2. The third-order valence-corrected chi connectivity index (χ3v) is 3.80. The Bertz CT molecular complexity index is 623. The first kappa shape index (κ1) is 15.0. The summed E-state index contributed by atoms with van der Waals surface area (Å²) < 4.78 is 5.20. The van der Waals surface area contributed by atoms with Crippen molar-refractivity contribution in [3.8, 4) is 0 Å². The largest absolute Gasteiger partial charge is 0.476 e. The molecule has 2 rings (SSSR count). The van der Waals surface area contributed by atoms with Gasteiger partial charge < -0.3 is 20.2 Å². The lowest BCUT2D eigenvalue weighted by Crippen LogP contribution is -2.38. The Kier molecular flexibility index (Phi) is 4.59. The second-order valence-electron chi connectivity index (χ2n) is 4.45. The number of carboxylic acids is 1. The Balaban J connectivity index is 1.91. The summed E-state index contributed by atoms with van der Waals surface area (Å²) in [6.07, 6.45) is 1.54. The molecule has 0 aliphatic carbocycles. The van der Waals surface area contributed by atoms with Crippen LogP contribution in [-0.2, 0) is 0 Å². The van der Waals surface area contributed by atoms with Crippen LogP contribution in [0.2, 0.25) is 0 Å². The SMILES string of the molecule is CC(NC(=O)NC(C)c1nc(C(=O)O)cs1)c1ccco1. The number of amides is 2.